The Balaban J connectivity index is 2.05. The van der Waals surface area contributed by atoms with Crippen LogP contribution in [0.4, 0.5) is 0 Å². The molecular weight excluding hydrogens is 208 g/mol. The maximum absolute atomic E-state index is 9.18. The number of hydrogen-bond donors (Lipinski definition) is 0. The average Bonchev–Trinajstić information content (AvgIpc) is 2.75. The van der Waals surface area contributed by atoms with E-state index in [0.717, 1.165) is 31.9 Å². The predicted molar refractivity (Wildman–Crippen MR) is 59.5 cm³/mol. The van der Waals surface area contributed by atoms with Crippen molar-refractivity contribution in [1.82, 2.24) is 14.8 Å². The monoisotopic (exact) mass is 222 g/mol. The fourth-order valence-corrected chi connectivity index (χ4v) is 2.34. The molecule has 1 saturated heterocycles. The van der Waals surface area contributed by atoms with Gasteiger partial charge in [-0.15, -0.1) is 11.3 Å². The van der Waals surface area contributed by atoms with Gasteiger partial charge in [-0.2, -0.15) is 5.26 Å². The Morgan fingerprint density at radius 3 is 2.73 bits per heavy atom. The summed E-state index contributed by atoms with van der Waals surface area (Å²) in [7, 11) is 2.11. The molecule has 1 unspecified atom stereocenters. The Morgan fingerprint density at radius 1 is 1.47 bits per heavy atom. The Kier molecular flexibility index (Phi) is 3.31. The largest absolute Gasteiger partial charge is 0.304 e. The van der Waals surface area contributed by atoms with Crippen LogP contribution < -0.4 is 0 Å². The third-order valence-corrected chi connectivity index (χ3v) is 3.36. The van der Waals surface area contributed by atoms with Crippen LogP contribution in [0, 0.1) is 11.3 Å². The lowest BCUT2D eigenvalue weighted by Gasteiger charge is -2.34. The maximum Gasteiger partial charge on any atom is 0.141 e. The lowest BCUT2D eigenvalue weighted by atomic mass is 10.2. The molecule has 1 aliphatic rings. The number of hydrogen-bond acceptors (Lipinski definition) is 5. The van der Waals surface area contributed by atoms with E-state index in [9.17, 15) is 5.26 Å². The van der Waals surface area contributed by atoms with Gasteiger partial charge < -0.3 is 4.90 Å². The molecule has 0 N–H and O–H groups in total. The molecule has 0 aliphatic carbocycles. The van der Waals surface area contributed by atoms with E-state index in [2.05, 4.69) is 27.9 Å². The summed E-state index contributed by atoms with van der Waals surface area (Å²) < 4.78 is 0. The molecule has 2 rings (SSSR count). The van der Waals surface area contributed by atoms with E-state index in [0.29, 0.717) is 0 Å². The van der Waals surface area contributed by atoms with Gasteiger partial charge in [0.1, 0.15) is 6.04 Å². The van der Waals surface area contributed by atoms with Crippen LogP contribution in [0.1, 0.15) is 11.7 Å². The third kappa shape index (κ3) is 2.34. The molecular formula is C10H14N4S. The fraction of sp³-hybridized carbons (Fsp3) is 0.600. The van der Waals surface area contributed by atoms with Gasteiger partial charge in [-0.05, 0) is 7.05 Å². The van der Waals surface area contributed by atoms with E-state index in [1.54, 1.807) is 16.8 Å². The van der Waals surface area contributed by atoms with Crippen LogP contribution in [-0.2, 0) is 0 Å². The highest BCUT2D eigenvalue weighted by molar-refractivity contribution is 7.07. The Hall–Kier alpha value is -0.960. The van der Waals surface area contributed by atoms with Gasteiger partial charge in [-0.1, -0.05) is 0 Å². The summed E-state index contributed by atoms with van der Waals surface area (Å²) in [5.41, 5.74) is 2.68. The molecule has 0 aromatic carbocycles. The molecule has 0 bridgehead atoms. The van der Waals surface area contributed by atoms with Crippen molar-refractivity contribution < 1.29 is 0 Å². The van der Waals surface area contributed by atoms with Crippen LogP contribution in [0.3, 0.4) is 0 Å². The molecule has 0 radical (unpaired) electrons. The van der Waals surface area contributed by atoms with Crippen LogP contribution in [0.15, 0.2) is 10.9 Å². The van der Waals surface area contributed by atoms with E-state index in [1.807, 2.05) is 5.38 Å². The fourth-order valence-electron chi connectivity index (χ4n) is 1.77. The summed E-state index contributed by atoms with van der Waals surface area (Å²) in [6, 6.07) is 2.18. The quantitative estimate of drug-likeness (QED) is 0.747. The van der Waals surface area contributed by atoms with Crippen molar-refractivity contribution in [2.24, 2.45) is 0 Å². The highest BCUT2D eigenvalue weighted by atomic mass is 32.1. The highest BCUT2D eigenvalue weighted by Gasteiger charge is 2.24. The van der Waals surface area contributed by atoms with Crippen molar-refractivity contribution in [3.63, 3.8) is 0 Å². The molecule has 1 atom stereocenters. The van der Waals surface area contributed by atoms with E-state index in [4.69, 9.17) is 0 Å². The SMILES string of the molecule is CN1CCN(C(C#N)c2cscn2)CC1. The minimum absolute atomic E-state index is 0.162. The summed E-state index contributed by atoms with van der Waals surface area (Å²) >= 11 is 1.55. The number of thiazole rings is 1. The first-order chi connectivity index (χ1) is 7.31. The smallest absolute Gasteiger partial charge is 0.141 e. The van der Waals surface area contributed by atoms with Gasteiger partial charge in [-0.3, -0.25) is 4.90 Å². The lowest BCUT2D eigenvalue weighted by molar-refractivity contribution is 0.131. The molecule has 4 nitrogen and oxygen atoms in total. The topological polar surface area (TPSA) is 43.2 Å². The molecule has 2 heterocycles. The summed E-state index contributed by atoms with van der Waals surface area (Å²) in [5.74, 6) is 0. The lowest BCUT2D eigenvalue weighted by Crippen LogP contribution is -2.45. The van der Waals surface area contributed by atoms with Crippen LogP contribution in [0.25, 0.3) is 0 Å². The number of nitriles is 1. The van der Waals surface area contributed by atoms with Gasteiger partial charge in [-0.25, -0.2) is 4.98 Å². The van der Waals surface area contributed by atoms with Gasteiger partial charge in [0.25, 0.3) is 0 Å². The zero-order valence-corrected chi connectivity index (χ0v) is 9.57. The van der Waals surface area contributed by atoms with Crippen LogP contribution in [0.5, 0.6) is 0 Å². The van der Waals surface area contributed by atoms with E-state index in [1.165, 1.54) is 0 Å². The normalized spacial score (nSPS) is 21.1. The van der Waals surface area contributed by atoms with Crippen molar-refractivity contribution in [1.29, 1.82) is 5.26 Å². The van der Waals surface area contributed by atoms with Crippen LogP contribution >= 0.6 is 11.3 Å². The molecule has 15 heavy (non-hydrogen) atoms. The molecule has 1 aromatic heterocycles. The number of rotatable bonds is 2. The number of nitrogens with zero attached hydrogens (tertiary/aromatic N) is 4. The number of aromatic nitrogens is 1. The minimum Gasteiger partial charge on any atom is -0.304 e. The van der Waals surface area contributed by atoms with Gasteiger partial charge in [0.2, 0.25) is 0 Å². The Bertz CT molecular complexity index is 335. The van der Waals surface area contributed by atoms with Crippen molar-refractivity contribution in [2.45, 2.75) is 6.04 Å². The highest BCUT2D eigenvalue weighted by Crippen LogP contribution is 2.20. The predicted octanol–water partition coefficient (Wildman–Crippen LogP) is 0.955. The van der Waals surface area contributed by atoms with Gasteiger partial charge >= 0.3 is 0 Å². The second kappa shape index (κ2) is 4.71. The van der Waals surface area contributed by atoms with Crippen molar-refractivity contribution in [3.8, 4) is 6.07 Å². The number of likely N-dealkylation sites (N-methyl/N-ethyl adjacent to an activating group) is 1. The van der Waals surface area contributed by atoms with Gasteiger partial charge in [0, 0.05) is 31.6 Å². The van der Waals surface area contributed by atoms with Gasteiger partial charge in [0.15, 0.2) is 0 Å². The Labute approximate surface area is 93.8 Å². The van der Waals surface area contributed by atoms with Gasteiger partial charge in [0.05, 0.1) is 17.3 Å². The molecule has 0 spiro atoms. The molecule has 0 amide bonds. The second-order valence-electron chi connectivity index (χ2n) is 3.78. The number of piperazine rings is 1. The van der Waals surface area contributed by atoms with Crippen LogP contribution in [0.2, 0.25) is 0 Å². The summed E-state index contributed by atoms with van der Waals surface area (Å²) in [6.45, 7) is 3.96. The van der Waals surface area contributed by atoms with E-state index in [-0.39, 0.29) is 6.04 Å². The molecule has 0 saturated carbocycles. The first kappa shape index (κ1) is 10.6. The maximum atomic E-state index is 9.18. The summed E-state index contributed by atoms with van der Waals surface area (Å²) in [4.78, 5) is 8.71. The second-order valence-corrected chi connectivity index (χ2v) is 4.50. The zero-order valence-electron chi connectivity index (χ0n) is 8.76. The van der Waals surface area contributed by atoms with E-state index < -0.39 is 0 Å². The van der Waals surface area contributed by atoms with E-state index >= 15 is 0 Å². The first-order valence-electron chi connectivity index (χ1n) is 5.01. The Morgan fingerprint density at radius 2 is 2.20 bits per heavy atom. The molecule has 1 aliphatic heterocycles. The standard InChI is InChI=1S/C10H14N4S/c1-13-2-4-14(5-3-13)10(6-11)9-7-15-8-12-9/h7-8,10H,2-5H2,1H3. The van der Waals surface area contributed by atoms with Crippen molar-refractivity contribution >= 4 is 11.3 Å². The van der Waals surface area contributed by atoms with Crippen LogP contribution in [-0.4, -0.2) is 48.0 Å². The third-order valence-electron chi connectivity index (χ3n) is 2.76. The molecule has 5 heteroatoms. The average molecular weight is 222 g/mol. The zero-order chi connectivity index (χ0) is 10.7. The molecule has 1 aromatic rings. The minimum atomic E-state index is -0.162. The van der Waals surface area contributed by atoms with Crippen molar-refractivity contribution in [2.75, 3.05) is 33.2 Å². The molecule has 1 fully saturated rings. The summed E-state index contributed by atoms with van der Waals surface area (Å²) in [5, 5.41) is 11.1. The molecule has 80 valence electrons. The first-order valence-corrected chi connectivity index (χ1v) is 5.96. The summed E-state index contributed by atoms with van der Waals surface area (Å²) in [6.07, 6.45) is 0. The van der Waals surface area contributed by atoms with Crippen molar-refractivity contribution in [3.05, 3.63) is 16.6 Å².